The minimum Gasteiger partial charge on any atom is -0.633 e. The van der Waals surface area contributed by atoms with Crippen LogP contribution in [0.4, 0.5) is 0 Å². The Kier molecular flexibility index (Phi) is 5.22. The quantitative estimate of drug-likeness (QED) is 0.581. The Morgan fingerprint density at radius 3 is 2.58 bits per heavy atom. The molecule has 0 aromatic rings. The van der Waals surface area contributed by atoms with Crippen LogP contribution < -0.4 is 0 Å². The molecule has 19 heavy (non-hydrogen) atoms. The van der Waals surface area contributed by atoms with E-state index in [0.29, 0.717) is 12.3 Å². The zero-order valence-corrected chi connectivity index (χ0v) is 12.3. The fourth-order valence-corrected chi connectivity index (χ4v) is 3.34. The summed E-state index contributed by atoms with van der Waals surface area (Å²) in [6.07, 6.45) is 8.22. The van der Waals surface area contributed by atoms with Gasteiger partial charge in [-0.15, -0.1) is 0 Å². The van der Waals surface area contributed by atoms with Gasteiger partial charge >= 0.3 is 0 Å². The van der Waals surface area contributed by atoms with Crippen molar-refractivity contribution in [1.82, 2.24) is 4.90 Å². The molecule has 2 aliphatic heterocycles. The first-order valence-electron chi connectivity index (χ1n) is 7.97. The molecule has 0 spiro atoms. The van der Waals surface area contributed by atoms with E-state index in [1.807, 2.05) is 4.90 Å². The molecule has 2 rings (SSSR count). The maximum absolute atomic E-state index is 12.7. The molecule has 0 radical (unpaired) electrons. The van der Waals surface area contributed by atoms with Gasteiger partial charge in [0, 0.05) is 25.9 Å². The molecule has 2 fully saturated rings. The van der Waals surface area contributed by atoms with Crippen LogP contribution in [-0.4, -0.2) is 47.7 Å². The van der Waals surface area contributed by atoms with Crippen molar-refractivity contribution in [3.8, 4) is 0 Å². The molecule has 1 unspecified atom stereocenters. The summed E-state index contributed by atoms with van der Waals surface area (Å²) in [6.45, 7) is 5.29. The zero-order chi connectivity index (χ0) is 13.7. The average Bonchev–Trinajstić information content (AvgIpc) is 2.61. The molecule has 1 amide bonds. The minimum absolute atomic E-state index is 0.0258. The van der Waals surface area contributed by atoms with Gasteiger partial charge in [0.2, 0.25) is 5.91 Å². The number of hydrogen-bond acceptors (Lipinski definition) is 2. The van der Waals surface area contributed by atoms with Gasteiger partial charge in [0.15, 0.2) is 0 Å². The molecule has 0 aromatic carbocycles. The topological polar surface area (TPSA) is 43.4 Å². The molecule has 0 bridgehead atoms. The van der Waals surface area contributed by atoms with Crippen LogP contribution >= 0.6 is 0 Å². The van der Waals surface area contributed by atoms with Crippen LogP contribution in [0.5, 0.6) is 0 Å². The summed E-state index contributed by atoms with van der Waals surface area (Å²) in [4.78, 5) is 13.9. The number of carbonyl (C=O) groups excluding carboxylic acids is 1. The second kappa shape index (κ2) is 6.71. The average molecular weight is 268 g/mol. The molecule has 4 nitrogen and oxygen atoms in total. The second-order valence-electron chi connectivity index (χ2n) is 6.29. The summed E-state index contributed by atoms with van der Waals surface area (Å²) in [5, 5.41) is 12.7. The highest BCUT2D eigenvalue weighted by Gasteiger charge is 2.28. The van der Waals surface area contributed by atoms with Crippen LogP contribution in [0.1, 0.15) is 58.3 Å². The van der Waals surface area contributed by atoms with E-state index in [-0.39, 0.29) is 10.7 Å². The summed E-state index contributed by atoms with van der Waals surface area (Å²) in [5.74, 6) is 0.292. The van der Waals surface area contributed by atoms with Crippen LogP contribution in [0, 0.1) is 5.21 Å². The van der Waals surface area contributed by atoms with Crippen LogP contribution in [0.15, 0.2) is 0 Å². The van der Waals surface area contributed by atoms with Crippen molar-refractivity contribution in [2.24, 2.45) is 0 Å². The monoisotopic (exact) mass is 268 g/mol. The van der Waals surface area contributed by atoms with E-state index in [9.17, 15) is 10.0 Å². The largest absolute Gasteiger partial charge is 0.633 e. The molecular formula is C15H28N2O2. The van der Waals surface area contributed by atoms with Gasteiger partial charge in [-0.05, 0) is 39.0 Å². The minimum atomic E-state index is -0.0258. The van der Waals surface area contributed by atoms with Crippen molar-refractivity contribution in [3.63, 3.8) is 0 Å². The van der Waals surface area contributed by atoms with Gasteiger partial charge in [-0.2, -0.15) is 0 Å². The molecule has 2 aliphatic rings. The molecule has 110 valence electrons. The fraction of sp³-hybridized carbons (Fsp3) is 0.933. The molecule has 4 heteroatoms. The molecule has 2 saturated heterocycles. The van der Waals surface area contributed by atoms with Gasteiger partial charge in [-0.1, -0.05) is 6.42 Å². The molecular weight excluding hydrogens is 240 g/mol. The van der Waals surface area contributed by atoms with Crippen LogP contribution in [-0.2, 0) is 4.79 Å². The van der Waals surface area contributed by atoms with Crippen LogP contribution in [0.25, 0.3) is 0 Å². The first-order chi connectivity index (χ1) is 9.12. The van der Waals surface area contributed by atoms with Gasteiger partial charge in [-0.3, -0.25) is 4.79 Å². The van der Waals surface area contributed by atoms with Gasteiger partial charge in [-0.25, -0.2) is 0 Å². The summed E-state index contributed by atoms with van der Waals surface area (Å²) in [5.41, 5.74) is 0. The van der Waals surface area contributed by atoms with Crippen molar-refractivity contribution >= 4 is 5.91 Å². The fourth-order valence-electron chi connectivity index (χ4n) is 3.34. The molecule has 1 atom stereocenters. The van der Waals surface area contributed by atoms with Crippen molar-refractivity contribution in [2.75, 3.05) is 26.2 Å². The molecule has 0 N–H and O–H groups in total. The van der Waals surface area contributed by atoms with E-state index in [2.05, 4.69) is 6.92 Å². The van der Waals surface area contributed by atoms with Crippen molar-refractivity contribution in [3.05, 3.63) is 5.21 Å². The van der Waals surface area contributed by atoms with Crippen molar-refractivity contribution in [2.45, 2.75) is 64.3 Å². The first-order valence-corrected chi connectivity index (χ1v) is 7.97. The highest BCUT2D eigenvalue weighted by molar-refractivity contribution is 5.76. The van der Waals surface area contributed by atoms with Crippen molar-refractivity contribution in [1.29, 1.82) is 0 Å². The Morgan fingerprint density at radius 1 is 1.16 bits per heavy atom. The highest BCUT2D eigenvalue weighted by Crippen LogP contribution is 2.23. The number of carbonyl (C=O) groups is 1. The first kappa shape index (κ1) is 14.8. The van der Waals surface area contributed by atoms with E-state index < -0.39 is 0 Å². The lowest BCUT2D eigenvalue weighted by atomic mass is 10.1. The number of rotatable bonds is 4. The van der Waals surface area contributed by atoms with Gasteiger partial charge < -0.3 is 14.8 Å². The number of quaternary nitrogens is 1. The van der Waals surface area contributed by atoms with Gasteiger partial charge in [0.1, 0.15) is 0 Å². The third-order valence-corrected chi connectivity index (χ3v) is 4.86. The maximum Gasteiger partial charge on any atom is 0.222 e. The Bertz CT molecular complexity index is 301. The summed E-state index contributed by atoms with van der Waals surface area (Å²) in [7, 11) is 0. The lowest BCUT2D eigenvalue weighted by Gasteiger charge is -2.50. The summed E-state index contributed by atoms with van der Waals surface area (Å²) >= 11 is 0. The zero-order valence-electron chi connectivity index (χ0n) is 12.3. The number of amides is 1. The Labute approximate surface area is 116 Å². The maximum atomic E-state index is 12.7. The van der Waals surface area contributed by atoms with E-state index in [4.69, 9.17) is 0 Å². The van der Waals surface area contributed by atoms with E-state index >= 15 is 0 Å². The molecule has 0 aromatic heterocycles. The van der Waals surface area contributed by atoms with Crippen LogP contribution in [0.2, 0.25) is 0 Å². The lowest BCUT2D eigenvalue weighted by molar-refractivity contribution is -0.908. The van der Waals surface area contributed by atoms with Crippen LogP contribution in [0.3, 0.4) is 0 Å². The standard InChI is InChI=1S/C15H28N2O2/c1-14(17(19)12-6-3-7-13-17)9-11-16-10-5-2-4-8-15(16)18/h14H,2-13H2,1H3. The predicted octanol–water partition coefficient (Wildman–Crippen LogP) is 2.67. The smallest absolute Gasteiger partial charge is 0.222 e. The summed E-state index contributed by atoms with van der Waals surface area (Å²) in [6, 6.07) is 0.136. The number of likely N-dealkylation sites (tertiary alicyclic amines) is 2. The number of hydroxylamine groups is 3. The van der Waals surface area contributed by atoms with E-state index in [0.717, 1.165) is 58.3 Å². The van der Waals surface area contributed by atoms with Gasteiger partial charge in [0.25, 0.3) is 0 Å². The number of nitrogens with zero attached hydrogens (tertiary/aromatic N) is 2. The summed E-state index contributed by atoms with van der Waals surface area (Å²) < 4.78 is -0.0258. The lowest BCUT2D eigenvalue weighted by Crippen LogP contribution is -2.53. The number of piperidine rings is 1. The third kappa shape index (κ3) is 3.93. The second-order valence-corrected chi connectivity index (χ2v) is 6.29. The van der Waals surface area contributed by atoms with E-state index in [1.165, 1.54) is 12.8 Å². The molecule has 0 saturated carbocycles. The van der Waals surface area contributed by atoms with Gasteiger partial charge in [0.05, 0.1) is 19.1 Å². The Balaban J connectivity index is 1.81. The third-order valence-electron chi connectivity index (χ3n) is 4.86. The number of hydrogen-bond donors (Lipinski definition) is 0. The van der Waals surface area contributed by atoms with E-state index in [1.54, 1.807) is 0 Å². The molecule has 0 aliphatic carbocycles. The SMILES string of the molecule is CC(CCN1CCCCCC1=O)[N+]1([O-])CCCCC1. The normalized spacial score (nSPS) is 26.0. The van der Waals surface area contributed by atoms with Crippen molar-refractivity contribution < 1.29 is 9.44 Å². The Hall–Kier alpha value is -0.610. The highest BCUT2D eigenvalue weighted by atomic mass is 16.5. The predicted molar refractivity (Wildman–Crippen MR) is 76.3 cm³/mol. The molecule has 2 heterocycles. The Morgan fingerprint density at radius 2 is 1.84 bits per heavy atom.